The van der Waals surface area contributed by atoms with Crippen LogP contribution in [0.2, 0.25) is 5.02 Å². The second-order valence-corrected chi connectivity index (χ2v) is 5.69. The Kier molecular flexibility index (Phi) is 7.00. The third kappa shape index (κ3) is 5.63. The maximum absolute atomic E-state index is 12.2. The second-order valence-electron chi connectivity index (χ2n) is 5.28. The minimum atomic E-state index is -0.696. The van der Waals surface area contributed by atoms with Crippen LogP contribution in [0.5, 0.6) is 0 Å². The topological polar surface area (TPSA) is 74.5 Å². The van der Waals surface area contributed by atoms with Crippen LogP contribution in [0.25, 0.3) is 0 Å². The summed E-state index contributed by atoms with van der Waals surface area (Å²) in [5, 5.41) is 16.1. The van der Waals surface area contributed by atoms with Gasteiger partial charge in [-0.1, -0.05) is 54.0 Å². The SMILES string of the molecule is CCC(O/N=C/c1cccc(C#N)c1)C(=O)NCc1ccccc1Cl. The van der Waals surface area contributed by atoms with Crippen LogP contribution in [0.1, 0.15) is 30.0 Å². The molecule has 6 heteroatoms. The average molecular weight is 356 g/mol. The number of hydrogen-bond donors (Lipinski definition) is 1. The summed E-state index contributed by atoms with van der Waals surface area (Å²) in [4.78, 5) is 17.5. The summed E-state index contributed by atoms with van der Waals surface area (Å²) in [6.45, 7) is 2.16. The minimum Gasteiger partial charge on any atom is -0.382 e. The normalized spacial score (nSPS) is 11.7. The van der Waals surface area contributed by atoms with E-state index in [1.807, 2.05) is 25.1 Å². The van der Waals surface area contributed by atoms with Crippen LogP contribution in [-0.4, -0.2) is 18.2 Å². The summed E-state index contributed by atoms with van der Waals surface area (Å²) in [5.41, 5.74) is 2.10. The van der Waals surface area contributed by atoms with Gasteiger partial charge in [-0.2, -0.15) is 5.26 Å². The lowest BCUT2D eigenvalue weighted by molar-refractivity contribution is -0.133. The molecule has 0 spiro atoms. The van der Waals surface area contributed by atoms with E-state index in [1.54, 1.807) is 30.3 Å². The van der Waals surface area contributed by atoms with E-state index in [4.69, 9.17) is 21.7 Å². The number of amides is 1. The van der Waals surface area contributed by atoms with E-state index >= 15 is 0 Å². The highest BCUT2D eigenvalue weighted by atomic mass is 35.5. The smallest absolute Gasteiger partial charge is 0.264 e. The van der Waals surface area contributed by atoms with Crippen LogP contribution < -0.4 is 5.32 Å². The molecule has 0 aliphatic carbocycles. The van der Waals surface area contributed by atoms with Crippen molar-refractivity contribution >= 4 is 23.7 Å². The van der Waals surface area contributed by atoms with E-state index < -0.39 is 6.10 Å². The molecule has 0 radical (unpaired) electrons. The molecule has 1 amide bonds. The Balaban J connectivity index is 1.90. The lowest BCUT2D eigenvalue weighted by atomic mass is 10.1. The molecule has 2 aromatic rings. The summed E-state index contributed by atoms with van der Waals surface area (Å²) in [7, 11) is 0. The van der Waals surface area contributed by atoms with Crippen molar-refractivity contribution in [2.75, 3.05) is 0 Å². The predicted molar refractivity (Wildman–Crippen MR) is 97.2 cm³/mol. The van der Waals surface area contributed by atoms with Gasteiger partial charge in [0.2, 0.25) is 6.10 Å². The summed E-state index contributed by atoms with van der Waals surface area (Å²) >= 11 is 6.07. The molecule has 0 heterocycles. The second kappa shape index (κ2) is 9.45. The number of halogens is 1. The van der Waals surface area contributed by atoms with E-state index in [0.29, 0.717) is 23.6 Å². The molecule has 1 N–H and O–H groups in total. The van der Waals surface area contributed by atoms with Gasteiger partial charge in [0.1, 0.15) is 0 Å². The van der Waals surface area contributed by atoms with E-state index in [0.717, 1.165) is 11.1 Å². The van der Waals surface area contributed by atoms with Crippen LogP contribution in [0, 0.1) is 11.3 Å². The molecule has 0 aliphatic rings. The van der Waals surface area contributed by atoms with Crippen molar-refractivity contribution in [3.63, 3.8) is 0 Å². The van der Waals surface area contributed by atoms with Crippen LogP contribution in [-0.2, 0) is 16.2 Å². The van der Waals surface area contributed by atoms with E-state index in [9.17, 15) is 4.79 Å². The summed E-state index contributed by atoms with van der Waals surface area (Å²) in [5.74, 6) is -0.259. The van der Waals surface area contributed by atoms with Crippen molar-refractivity contribution in [2.45, 2.75) is 26.0 Å². The molecule has 1 unspecified atom stereocenters. The number of rotatable bonds is 7. The Morgan fingerprint density at radius 3 is 2.88 bits per heavy atom. The molecule has 0 saturated carbocycles. The Hall–Kier alpha value is -2.84. The van der Waals surface area contributed by atoms with E-state index in [-0.39, 0.29) is 5.91 Å². The van der Waals surface area contributed by atoms with Gasteiger partial charge in [-0.3, -0.25) is 4.79 Å². The van der Waals surface area contributed by atoms with Gasteiger partial charge in [-0.25, -0.2) is 0 Å². The molecular formula is C19H18ClN3O2. The van der Waals surface area contributed by atoms with Crippen molar-refractivity contribution < 1.29 is 9.63 Å². The van der Waals surface area contributed by atoms with E-state index in [1.165, 1.54) is 6.21 Å². The molecule has 0 bridgehead atoms. The van der Waals surface area contributed by atoms with Crippen LogP contribution in [0.15, 0.2) is 53.7 Å². The van der Waals surface area contributed by atoms with Crippen LogP contribution in [0.3, 0.4) is 0 Å². The highest BCUT2D eigenvalue weighted by Crippen LogP contribution is 2.14. The molecule has 5 nitrogen and oxygen atoms in total. The van der Waals surface area contributed by atoms with Crippen molar-refractivity contribution in [1.82, 2.24) is 5.32 Å². The van der Waals surface area contributed by atoms with Gasteiger partial charge in [0.25, 0.3) is 5.91 Å². The number of carbonyl (C=O) groups is 1. The maximum Gasteiger partial charge on any atom is 0.264 e. The van der Waals surface area contributed by atoms with Crippen molar-refractivity contribution in [3.8, 4) is 6.07 Å². The Bertz CT molecular complexity index is 799. The van der Waals surface area contributed by atoms with Crippen LogP contribution >= 0.6 is 11.6 Å². The summed E-state index contributed by atoms with van der Waals surface area (Å²) < 4.78 is 0. The first kappa shape index (κ1) is 18.5. The highest BCUT2D eigenvalue weighted by molar-refractivity contribution is 6.31. The minimum absolute atomic E-state index is 0.259. The first-order valence-electron chi connectivity index (χ1n) is 7.84. The number of nitrogens with one attached hydrogen (secondary N) is 1. The molecule has 0 fully saturated rings. The lowest BCUT2D eigenvalue weighted by Gasteiger charge is -2.13. The van der Waals surface area contributed by atoms with Crippen molar-refractivity contribution in [3.05, 3.63) is 70.2 Å². The molecule has 2 rings (SSSR count). The first-order chi connectivity index (χ1) is 12.1. The maximum atomic E-state index is 12.2. The number of oxime groups is 1. The monoisotopic (exact) mass is 355 g/mol. The molecule has 0 aromatic heterocycles. The molecule has 128 valence electrons. The van der Waals surface area contributed by atoms with Gasteiger partial charge in [0, 0.05) is 11.6 Å². The zero-order valence-electron chi connectivity index (χ0n) is 13.8. The van der Waals surface area contributed by atoms with Gasteiger partial charge >= 0.3 is 0 Å². The zero-order chi connectivity index (χ0) is 18.1. The quantitative estimate of drug-likeness (QED) is 0.608. The molecule has 2 aromatic carbocycles. The fraction of sp³-hybridized carbons (Fsp3) is 0.211. The highest BCUT2D eigenvalue weighted by Gasteiger charge is 2.17. The number of nitriles is 1. The number of nitrogens with zero attached hydrogens (tertiary/aromatic N) is 2. The van der Waals surface area contributed by atoms with Gasteiger partial charge in [0.05, 0.1) is 17.8 Å². The number of benzene rings is 2. The molecule has 0 saturated heterocycles. The summed E-state index contributed by atoms with van der Waals surface area (Å²) in [6.07, 6.45) is 1.26. The predicted octanol–water partition coefficient (Wildman–Crippen LogP) is 3.66. The molecule has 0 aliphatic heterocycles. The Labute approximate surface area is 151 Å². The number of hydrogen-bond acceptors (Lipinski definition) is 4. The average Bonchev–Trinajstić information content (AvgIpc) is 2.64. The fourth-order valence-electron chi connectivity index (χ4n) is 2.10. The van der Waals surface area contributed by atoms with Crippen LogP contribution in [0.4, 0.5) is 0 Å². The van der Waals surface area contributed by atoms with Gasteiger partial charge < -0.3 is 10.2 Å². The molecular weight excluding hydrogens is 338 g/mol. The largest absolute Gasteiger partial charge is 0.382 e. The van der Waals surface area contributed by atoms with Crippen molar-refractivity contribution in [1.29, 1.82) is 5.26 Å². The molecule has 1 atom stereocenters. The number of carbonyl (C=O) groups excluding carboxylic acids is 1. The first-order valence-corrected chi connectivity index (χ1v) is 8.22. The zero-order valence-corrected chi connectivity index (χ0v) is 14.5. The molecule has 25 heavy (non-hydrogen) atoms. The Morgan fingerprint density at radius 2 is 2.16 bits per heavy atom. The Morgan fingerprint density at radius 1 is 1.36 bits per heavy atom. The van der Waals surface area contributed by atoms with Gasteiger partial charge in [-0.15, -0.1) is 0 Å². The third-order valence-corrected chi connectivity index (χ3v) is 3.85. The summed E-state index contributed by atoms with van der Waals surface area (Å²) in [6, 6.07) is 16.3. The van der Waals surface area contributed by atoms with Gasteiger partial charge in [-0.05, 0) is 35.7 Å². The van der Waals surface area contributed by atoms with E-state index in [2.05, 4.69) is 16.5 Å². The van der Waals surface area contributed by atoms with Crippen molar-refractivity contribution in [2.24, 2.45) is 5.16 Å². The van der Waals surface area contributed by atoms with Gasteiger partial charge in [0.15, 0.2) is 0 Å². The fourth-order valence-corrected chi connectivity index (χ4v) is 2.30. The lowest BCUT2D eigenvalue weighted by Crippen LogP contribution is -2.34. The standard InChI is InChI=1S/C19H18ClN3O2/c1-2-18(19(24)22-13-16-8-3-4-9-17(16)20)25-23-12-15-7-5-6-14(10-15)11-21/h3-10,12,18H,2,13H2,1H3,(H,22,24)/b23-12+. The third-order valence-electron chi connectivity index (χ3n) is 3.48.